The summed E-state index contributed by atoms with van der Waals surface area (Å²) >= 11 is 0. The predicted molar refractivity (Wildman–Crippen MR) is 84.0 cm³/mol. The van der Waals surface area contributed by atoms with Crippen molar-refractivity contribution < 1.29 is 14.3 Å². The van der Waals surface area contributed by atoms with Gasteiger partial charge in [-0.3, -0.25) is 4.79 Å². The molecule has 0 aromatic heterocycles. The van der Waals surface area contributed by atoms with Crippen LogP contribution >= 0.6 is 12.4 Å². The summed E-state index contributed by atoms with van der Waals surface area (Å²) in [6.45, 7) is 0.387. The van der Waals surface area contributed by atoms with Gasteiger partial charge in [-0.25, -0.2) is 0 Å². The van der Waals surface area contributed by atoms with Crippen LogP contribution in [0.4, 0.5) is 0 Å². The van der Waals surface area contributed by atoms with E-state index in [0.29, 0.717) is 12.3 Å². The van der Waals surface area contributed by atoms with Gasteiger partial charge in [0.05, 0.1) is 19.8 Å². The highest BCUT2D eigenvalue weighted by atomic mass is 35.5. The maximum absolute atomic E-state index is 11.3. The second kappa shape index (κ2) is 8.74. The maximum Gasteiger partial charge on any atom is 0.234 e. The van der Waals surface area contributed by atoms with Crippen LogP contribution in [0.3, 0.4) is 0 Å². The maximum atomic E-state index is 11.3. The van der Waals surface area contributed by atoms with Crippen molar-refractivity contribution in [3.63, 3.8) is 0 Å². The number of rotatable bonds is 6. The molecule has 21 heavy (non-hydrogen) atoms. The van der Waals surface area contributed by atoms with Crippen molar-refractivity contribution in [3.05, 3.63) is 23.8 Å². The van der Waals surface area contributed by atoms with E-state index in [1.165, 1.54) is 12.8 Å². The van der Waals surface area contributed by atoms with Gasteiger partial charge in [0.15, 0.2) is 11.5 Å². The van der Waals surface area contributed by atoms with Crippen molar-refractivity contribution in [2.75, 3.05) is 13.7 Å². The highest BCUT2D eigenvalue weighted by Gasteiger charge is 2.20. The van der Waals surface area contributed by atoms with Gasteiger partial charge in [-0.2, -0.15) is 0 Å². The summed E-state index contributed by atoms with van der Waals surface area (Å²) in [6, 6.07) is 5.70. The quantitative estimate of drug-likeness (QED) is 0.842. The molecule has 0 unspecified atom stereocenters. The number of hydrogen-bond acceptors (Lipinski definition) is 4. The third kappa shape index (κ3) is 4.79. The number of para-hydroxylation sites is 1. The number of benzene rings is 1. The normalized spacial score (nSPS) is 14.4. The Bertz CT molecular complexity index is 462. The molecule has 5 nitrogen and oxygen atoms in total. The first kappa shape index (κ1) is 17.6. The molecule has 6 heteroatoms. The summed E-state index contributed by atoms with van der Waals surface area (Å²) in [6.07, 6.45) is 4.81. The van der Waals surface area contributed by atoms with Gasteiger partial charge < -0.3 is 20.5 Å². The topological polar surface area (TPSA) is 73.6 Å². The molecule has 0 aliphatic heterocycles. The van der Waals surface area contributed by atoms with E-state index in [-0.39, 0.29) is 31.0 Å². The van der Waals surface area contributed by atoms with Gasteiger partial charge >= 0.3 is 0 Å². The first-order chi connectivity index (χ1) is 9.74. The molecule has 1 amide bonds. The summed E-state index contributed by atoms with van der Waals surface area (Å²) in [5.74, 6) is 1.26. The van der Waals surface area contributed by atoms with Crippen LogP contribution in [0.5, 0.6) is 11.5 Å². The van der Waals surface area contributed by atoms with E-state index >= 15 is 0 Å². The molecule has 0 heterocycles. The number of carbonyl (C=O) groups is 1. The zero-order valence-electron chi connectivity index (χ0n) is 12.3. The molecule has 0 atom stereocenters. The largest absolute Gasteiger partial charge is 0.493 e. The van der Waals surface area contributed by atoms with E-state index in [9.17, 15) is 4.79 Å². The lowest BCUT2D eigenvalue weighted by molar-refractivity contribution is -0.119. The molecule has 2 rings (SSSR count). The van der Waals surface area contributed by atoms with Gasteiger partial charge in [0.2, 0.25) is 5.91 Å². The fraction of sp³-hybridized carbons (Fsp3) is 0.533. The second-order valence-corrected chi connectivity index (χ2v) is 4.95. The van der Waals surface area contributed by atoms with Crippen molar-refractivity contribution in [1.82, 2.24) is 5.32 Å². The van der Waals surface area contributed by atoms with Crippen molar-refractivity contribution in [2.24, 2.45) is 5.73 Å². The molecule has 0 spiro atoms. The standard InChI is InChI=1S/C15H22N2O3.ClH/c1-19-13-8-4-5-11(10-17-14(18)9-16)15(13)20-12-6-2-3-7-12;/h4-5,8,12H,2-3,6-7,9-10,16H2,1H3,(H,17,18);1H. The van der Waals surface area contributed by atoms with Crippen molar-refractivity contribution in [2.45, 2.75) is 38.3 Å². The molecule has 0 radical (unpaired) electrons. The van der Waals surface area contributed by atoms with Gasteiger partial charge in [0.1, 0.15) is 0 Å². The van der Waals surface area contributed by atoms with Gasteiger partial charge in [-0.1, -0.05) is 12.1 Å². The molecule has 1 aliphatic rings. The number of ether oxygens (including phenoxy) is 2. The molecule has 0 bridgehead atoms. The average molecular weight is 315 g/mol. The summed E-state index contributed by atoms with van der Waals surface area (Å²) in [7, 11) is 1.62. The van der Waals surface area contributed by atoms with Crippen LogP contribution in [0.1, 0.15) is 31.2 Å². The lowest BCUT2D eigenvalue weighted by Gasteiger charge is -2.19. The number of nitrogens with one attached hydrogen (secondary N) is 1. The SMILES string of the molecule is COc1cccc(CNC(=O)CN)c1OC1CCCC1.Cl. The van der Waals surface area contributed by atoms with Crippen LogP contribution in [0.15, 0.2) is 18.2 Å². The third-order valence-electron chi connectivity index (χ3n) is 3.53. The molecule has 1 aromatic rings. The first-order valence-corrected chi connectivity index (χ1v) is 7.04. The Morgan fingerprint density at radius 1 is 1.38 bits per heavy atom. The number of amides is 1. The second-order valence-electron chi connectivity index (χ2n) is 4.95. The molecule has 1 saturated carbocycles. The Hall–Kier alpha value is -1.46. The Kier molecular flexibility index (Phi) is 7.32. The zero-order chi connectivity index (χ0) is 14.4. The highest BCUT2D eigenvalue weighted by Crippen LogP contribution is 2.34. The van der Waals surface area contributed by atoms with E-state index in [0.717, 1.165) is 24.2 Å². The van der Waals surface area contributed by atoms with Crippen LogP contribution in [0, 0.1) is 0 Å². The Morgan fingerprint density at radius 2 is 2.10 bits per heavy atom. The Morgan fingerprint density at radius 3 is 2.71 bits per heavy atom. The molecular formula is C15H23ClN2O3. The van der Waals surface area contributed by atoms with Gasteiger partial charge in [0.25, 0.3) is 0 Å². The number of halogens is 1. The number of nitrogens with two attached hydrogens (primary N) is 1. The lowest BCUT2D eigenvalue weighted by atomic mass is 10.1. The summed E-state index contributed by atoms with van der Waals surface area (Å²) < 4.78 is 11.5. The molecule has 3 N–H and O–H groups in total. The van der Waals surface area contributed by atoms with Crippen LogP contribution in [-0.4, -0.2) is 25.7 Å². The smallest absolute Gasteiger partial charge is 0.234 e. The molecule has 0 saturated heterocycles. The monoisotopic (exact) mass is 314 g/mol. The minimum atomic E-state index is -0.181. The van der Waals surface area contributed by atoms with Gasteiger partial charge in [-0.05, 0) is 31.7 Å². The molecule has 1 aromatic carbocycles. The van der Waals surface area contributed by atoms with E-state index in [4.69, 9.17) is 15.2 Å². The first-order valence-electron chi connectivity index (χ1n) is 7.04. The summed E-state index contributed by atoms with van der Waals surface area (Å²) in [5.41, 5.74) is 6.21. The van der Waals surface area contributed by atoms with Crippen molar-refractivity contribution in [1.29, 1.82) is 0 Å². The van der Waals surface area contributed by atoms with Crippen LogP contribution < -0.4 is 20.5 Å². The van der Waals surface area contributed by atoms with E-state index in [2.05, 4.69) is 5.32 Å². The molecule has 118 valence electrons. The molecule has 1 fully saturated rings. The average Bonchev–Trinajstić information content (AvgIpc) is 2.98. The summed E-state index contributed by atoms with van der Waals surface area (Å²) in [4.78, 5) is 11.3. The Labute approximate surface area is 131 Å². The zero-order valence-corrected chi connectivity index (χ0v) is 13.1. The van der Waals surface area contributed by atoms with Crippen LogP contribution in [0.2, 0.25) is 0 Å². The van der Waals surface area contributed by atoms with Crippen molar-refractivity contribution in [3.8, 4) is 11.5 Å². The van der Waals surface area contributed by atoms with E-state index < -0.39 is 0 Å². The Balaban J connectivity index is 0.00000220. The number of carbonyl (C=O) groups excluding carboxylic acids is 1. The lowest BCUT2D eigenvalue weighted by Crippen LogP contribution is -2.30. The van der Waals surface area contributed by atoms with E-state index in [1.54, 1.807) is 7.11 Å². The molecular weight excluding hydrogens is 292 g/mol. The molecule has 1 aliphatic carbocycles. The minimum Gasteiger partial charge on any atom is -0.493 e. The van der Waals surface area contributed by atoms with Gasteiger partial charge in [-0.15, -0.1) is 12.4 Å². The summed E-state index contributed by atoms with van der Waals surface area (Å²) in [5, 5.41) is 2.77. The fourth-order valence-electron chi connectivity index (χ4n) is 2.43. The van der Waals surface area contributed by atoms with Crippen LogP contribution in [-0.2, 0) is 11.3 Å². The van der Waals surface area contributed by atoms with Crippen molar-refractivity contribution >= 4 is 18.3 Å². The fourth-order valence-corrected chi connectivity index (χ4v) is 2.43. The predicted octanol–water partition coefficient (Wildman–Crippen LogP) is 2.01. The van der Waals surface area contributed by atoms with Crippen LogP contribution in [0.25, 0.3) is 0 Å². The minimum absolute atomic E-state index is 0. The van der Waals surface area contributed by atoms with Gasteiger partial charge in [0, 0.05) is 12.1 Å². The highest BCUT2D eigenvalue weighted by molar-refractivity contribution is 5.85. The number of methoxy groups -OCH3 is 1. The number of hydrogen-bond donors (Lipinski definition) is 2. The van der Waals surface area contributed by atoms with E-state index in [1.807, 2.05) is 18.2 Å². The third-order valence-corrected chi connectivity index (χ3v) is 3.53.